The fourth-order valence-corrected chi connectivity index (χ4v) is 2.46. The average molecular weight is 320 g/mol. The number of ketones is 1. The standard InChI is InChI=1S/C14H16N4O3S/c15-12(20)5-7-18-8-6-13(17-18)16-14(21)4-3-10(19)11-2-1-9-22-11/h1-2,6,8-9H,3-5,7H2,(H2,15,20)(H,16,17,21). The molecule has 0 aromatic carbocycles. The fourth-order valence-electron chi connectivity index (χ4n) is 1.77. The summed E-state index contributed by atoms with van der Waals surface area (Å²) in [5.74, 6) is -0.339. The van der Waals surface area contributed by atoms with Gasteiger partial charge in [0.1, 0.15) is 0 Å². The number of nitrogens with zero attached hydrogens (tertiary/aromatic N) is 2. The van der Waals surface area contributed by atoms with E-state index in [0.29, 0.717) is 17.2 Å². The summed E-state index contributed by atoms with van der Waals surface area (Å²) >= 11 is 1.36. The van der Waals surface area contributed by atoms with Crippen molar-refractivity contribution >= 4 is 34.8 Å². The molecule has 0 aliphatic heterocycles. The predicted octanol–water partition coefficient (Wildman–Crippen LogP) is 1.42. The maximum Gasteiger partial charge on any atom is 0.226 e. The van der Waals surface area contributed by atoms with E-state index in [0.717, 1.165) is 0 Å². The zero-order valence-electron chi connectivity index (χ0n) is 11.8. The van der Waals surface area contributed by atoms with Crippen molar-refractivity contribution in [1.82, 2.24) is 9.78 Å². The third-order valence-corrected chi connectivity index (χ3v) is 3.78. The van der Waals surface area contributed by atoms with Gasteiger partial charge in [-0.05, 0) is 11.4 Å². The molecule has 0 saturated heterocycles. The van der Waals surface area contributed by atoms with Crippen LogP contribution in [0.1, 0.15) is 28.9 Å². The second-order valence-electron chi connectivity index (χ2n) is 4.63. The Morgan fingerprint density at radius 3 is 2.73 bits per heavy atom. The Morgan fingerprint density at radius 2 is 2.05 bits per heavy atom. The van der Waals surface area contributed by atoms with Gasteiger partial charge in [0, 0.05) is 38.1 Å². The van der Waals surface area contributed by atoms with E-state index < -0.39 is 5.91 Å². The van der Waals surface area contributed by atoms with Crippen LogP contribution in [-0.4, -0.2) is 27.4 Å². The van der Waals surface area contributed by atoms with Crippen LogP contribution in [0.4, 0.5) is 5.82 Å². The molecule has 2 amide bonds. The van der Waals surface area contributed by atoms with Crippen LogP contribution in [0.25, 0.3) is 0 Å². The number of primary amides is 1. The molecule has 3 N–H and O–H groups in total. The summed E-state index contributed by atoms with van der Waals surface area (Å²) in [6.45, 7) is 0.363. The lowest BCUT2D eigenvalue weighted by molar-refractivity contribution is -0.118. The number of nitrogens with two attached hydrogens (primary N) is 1. The lowest BCUT2D eigenvalue weighted by Gasteiger charge is -2.01. The van der Waals surface area contributed by atoms with Gasteiger partial charge in [-0.3, -0.25) is 19.1 Å². The van der Waals surface area contributed by atoms with Crippen molar-refractivity contribution in [3.8, 4) is 0 Å². The van der Waals surface area contributed by atoms with E-state index in [4.69, 9.17) is 5.73 Å². The molecule has 0 radical (unpaired) electrons. The molecule has 7 nitrogen and oxygen atoms in total. The number of rotatable bonds is 8. The second-order valence-corrected chi connectivity index (χ2v) is 5.58. The Labute approximate surface area is 131 Å². The highest BCUT2D eigenvalue weighted by Crippen LogP contribution is 2.13. The van der Waals surface area contributed by atoms with E-state index in [1.807, 2.05) is 5.38 Å². The molecule has 116 valence electrons. The summed E-state index contributed by atoms with van der Waals surface area (Å²) in [5.41, 5.74) is 5.05. The first kappa shape index (κ1) is 15.9. The van der Waals surface area contributed by atoms with Crippen LogP contribution in [0, 0.1) is 0 Å². The Balaban J connectivity index is 1.77. The molecule has 0 bridgehead atoms. The van der Waals surface area contributed by atoms with Crippen LogP contribution >= 0.6 is 11.3 Å². The van der Waals surface area contributed by atoms with Crippen molar-refractivity contribution in [2.45, 2.75) is 25.8 Å². The van der Waals surface area contributed by atoms with Gasteiger partial charge in [-0.15, -0.1) is 11.3 Å². The molecule has 2 heterocycles. The van der Waals surface area contributed by atoms with Crippen LogP contribution in [0.15, 0.2) is 29.8 Å². The number of Topliss-reactive ketones (excluding diaryl/α,β-unsaturated/α-hetero) is 1. The van der Waals surface area contributed by atoms with Gasteiger partial charge in [-0.1, -0.05) is 6.07 Å². The maximum absolute atomic E-state index is 11.8. The van der Waals surface area contributed by atoms with Crippen molar-refractivity contribution in [3.05, 3.63) is 34.7 Å². The summed E-state index contributed by atoms with van der Waals surface area (Å²) in [5, 5.41) is 8.53. The zero-order chi connectivity index (χ0) is 15.9. The molecule has 2 aromatic rings. The Bertz CT molecular complexity index is 663. The van der Waals surface area contributed by atoms with Gasteiger partial charge < -0.3 is 11.1 Å². The van der Waals surface area contributed by atoms with Crippen molar-refractivity contribution in [3.63, 3.8) is 0 Å². The monoisotopic (exact) mass is 320 g/mol. The summed E-state index contributed by atoms with van der Waals surface area (Å²) in [7, 11) is 0. The molecule has 0 aliphatic rings. The normalized spacial score (nSPS) is 10.4. The predicted molar refractivity (Wildman–Crippen MR) is 82.6 cm³/mol. The SMILES string of the molecule is NC(=O)CCn1ccc(NC(=O)CCC(=O)c2cccs2)n1. The molecule has 2 aromatic heterocycles. The van der Waals surface area contributed by atoms with Crippen LogP contribution in [0.2, 0.25) is 0 Å². The molecular weight excluding hydrogens is 304 g/mol. The van der Waals surface area contributed by atoms with Crippen molar-refractivity contribution in [2.24, 2.45) is 5.73 Å². The number of thiophene rings is 1. The maximum atomic E-state index is 11.8. The lowest BCUT2D eigenvalue weighted by Crippen LogP contribution is -2.15. The molecule has 22 heavy (non-hydrogen) atoms. The van der Waals surface area contributed by atoms with Crippen molar-refractivity contribution in [2.75, 3.05) is 5.32 Å². The molecule has 0 saturated carbocycles. The molecule has 0 unspecified atom stereocenters. The van der Waals surface area contributed by atoms with Gasteiger partial charge in [-0.25, -0.2) is 0 Å². The van der Waals surface area contributed by atoms with Gasteiger partial charge in [0.05, 0.1) is 4.88 Å². The van der Waals surface area contributed by atoms with Crippen LogP contribution in [0.3, 0.4) is 0 Å². The van der Waals surface area contributed by atoms with Gasteiger partial charge in [0.15, 0.2) is 11.6 Å². The van der Waals surface area contributed by atoms with E-state index >= 15 is 0 Å². The van der Waals surface area contributed by atoms with Gasteiger partial charge >= 0.3 is 0 Å². The summed E-state index contributed by atoms with van der Waals surface area (Å²) < 4.78 is 1.52. The number of hydrogen-bond donors (Lipinski definition) is 2. The molecule has 0 fully saturated rings. The Morgan fingerprint density at radius 1 is 1.23 bits per heavy atom. The fraction of sp³-hybridized carbons (Fsp3) is 0.286. The zero-order valence-corrected chi connectivity index (χ0v) is 12.6. The average Bonchev–Trinajstić information content (AvgIpc) is 3.14. The third-order valence-electron chi connectivity index (χ3n) is 2.87. The summed E-state index contributed by atoms with van der Waals surface area (Å²) in [6, 6.07) is 5.17. The largest absolute Gasteiger partial charge is 0.370 e. The van der Waals surface area contributed by atoms with Crippen LogP contribution in [-0.2, 0) is 16.1 Å². The molecule has 2 rings (SSSR count). The molecule has 0 aliphatic carbocycles. The number of anilines is 1. The van der Waals surface area contributed by atoms with E-state index in [-0.39, 0.29) is 31.0 Å². The number of hydrogen-bond acceptors (Lipinski definition) is 5. The number of carbonyl (C=O) groups is 3. The topological polar surface area (TPSA) is 107 Å². The number of carbonyl (C=O) groups excluding carboxylic acids is 3. The number of aromatic nitrogens is 2. The minimum absolute atomic E-state index is 0.0443. The summed E-state index contributed by atoms with van der Waals surface area (Å²) in [4.78, 5) is 34.9. The van der Waals surface area contributed by atoms with Gasteiger partial charge in [0.2, 0.25) is 11.8 Å². The van der Waals surface area contributed by atoms with E-state index in [1.54, 1.807) is 24.4 Å². The van der Waals surface area contributed by atoms with Gasteiger partial charge in [0.25, 0.3) is 0 Å². The quantitative estimate of drug-likeness (QED) is 0.717. The number of aryl methyl sites for hydroxylation is 1. The van der Waals surface area contributed by atoms with E-state index in [1.165, 1.54) is 16.0 Å². The Hall–Kier alpha value is -2.48. The van der Waals surface area contributed by atoms with E-state index in [2.05, 4.69) is 10.4 Å². The number of amides is 2. The summed E-state index contributed by atoms with van der Waals surface area (Å²) in [6.07, 6.45) is 2.10. The first-order chi connectivity index (χ1) is 10.5. The Kier molecular flexibility index (Phi) is 5.42. The smallest absolute Gasteiger partial charge is 0.226 e. The highest BCUT2D eigenvalue weighted by atomic mass is 32.1. The highest BCUT2D eigenvalue weighted by molar-refractivity contribution is 7.12. The van der Waals surface area contributed by atoms with Crippen molar-refractivity contribution in [1.29, 1.82) is 0 Å². The molecule has 0 atom stereocenters. The minimum Gasteiger partial charge on any atom is -0.370 e. The first-order valence-corrected chi connectivity index (χ1v) is 7.61. The van der Waals surface area contributed by atoms with Crippen molar-refractivity contribution < 1.29 is 14.4 Å². The number of nitrogens with one attached hydrogen (secondary N) is 1. The molecule has 8 heteroatoms. The van der Waals surface area contributed by atoms with Crippen LogP contribution in [0.5, 0.6) is 0 Å². The second kappa shape index (κ2) is 7.51. The molecular formula is C14H16N4O3S. The van der Waals surface area contributed by atoms with Crippen LogP contribution < -0.4 is 11.1 Å². The minimum atomic E-state index is -0.409. The first-order valence-electron chi connectivity index (χ1n) is 6.73. The highest BCUT2D eigenvalue weighted by Gasteiger charge is 2.11. The molecule has 0 spiro atoms. The lowest BCUT2D eigenvalue weighted by atomic mass is 10.2. The third kappa shape index (κ3) is 4.81. The van der Waals surface area contributed by atoms with E-state index in [9.17, 15) is 14.4 Å². The van der Waals surface area contributed by atoms with Gasteiger partial charge in [-0.2, -0.15) is 5.10 Å².